The molecule has 0 aliphatic heterocycles. The number of hydrogen-bond acceptors (Lipinski definition) is 2. The number of fused-ring (bicyclic) bond motifs is 1. The fourth-order valence-corrected chi connectivity index (χ4v) is 3.16. The Morgan fingerprint density at radius 1 is 0.833 bits per heavy atom. The summed E-state index contributed by atoms with van der Waals surface area (Å²) in [7, 11) is 0. The van der Waals surface area contributed by atoms with E-state index in [9.17, 15) is 4.79 Å². The summed E-state index contributed by atoms with van der Waals surface area (Å²) in [5.41, 5.74) is 2.32. The maximum absolute atomic E-state index is 13.1. The molecule has 3 nitrogen and oxygen atoms in total. The first kappa shape index (κ1) is 14.8. The molecule has 1 aromatic heterocycles. The van der Waals surface area contributed by atoms with Gasteiger partial charge in [0.25, 0.3) is 5.56 Å². The van der Waals surface area contributed by atoms with Crippen molar-refractivity contribution < 1.29 is 0 Å². The predicted molar refractivity (Wildman–Crippen MR) is 100 cm³/mol. The first-order chi connectivity index (χ1) is 11.7. The second-order valence-corrected chi connectivity index (χ2v) is 6.35. The Morgan fingerprint density at radius 3 is 2.38 bits per heavy atom. The van der Waals surface area contributed by atoms with Crippen LogP contribution in [0.25, 0.3) is 28.0 Å². The largest absolute Gasteiger partial charge is 0.268 e. The van der Waals surface area contributed by atoms with E-state index in [1.165, 1.54) is 0 Å². The van der Waals surface area contributed by atoms with Crippen LogP contribution < -0.4 is 5.56 Å². The fourth-order valence-electron chi connectivity index (χ4n) is 2.77. The molecule has 3 aromatic carbocycles. The van der Waals surface area contributed by atoms with Gasteiger partial charge in [-0.1, -0.05) is 64.5 Å². The second-order valence-electron chi connectivity index (χ2n) is 5.44. The van der Waals surface area contributed by atoms with Crippen molar-refractivity contribution in [2.45, 2.75) is 0 Å². The van der Waals surface area contributed by atoms with Crippen LogP contribution in [0.1, 0.15) is 0 Å². The van der Waals surface area contributed by atoms with Gasteiger partial charge < -0.3 is 0 Å². The van der Waals surface area contributed by atoms with Gasteiger partial charge in [-0.25, -0.2) is 4.98 Å². The van der Waals surface area contributed by atoms with Gasteiger partial charge in [0.05, 0.1) is 16.6 Å². The van der Waals surface area contributed by atoms with Crippen molar-refractivity contribution in [2.24, 2.45) is 0 Å². The summed E-state index contributed by atoms with van der Waals surface area (Å²) < 4.78 is 2.58. The van der Waals surface area contributed by atoms with Gasteiger partial charge in [0.2, 0.25) is 0 Å². The molecule has 0 radical (unpaired) electrons. The van der Waals surface area contributed by atoms with E-state index in [0.717, 1.165) is 15.7 Å². The first-order valence-corrected chi connectivity index (χ1v) is 8.36. The quantitative estimate of drug-likeness (QED) is 0.502. The molecule has 0 fully saturated rings. The summed E-state index contributed by atoms with van der Waals surface area (Å²) in [6.45, 7) is 0. The third kappa shape index (κ3) is 2.55. The van der Waals surface area contributed by atoms with Gasteiger partial charge in [-0.15, -0.1) is 0 Å². The van der Waals surface area contributed by atoms with Crippen LogP contribution in [0.4, 0.5) is 0 Å². The van der Waals surface area contributed by atoms with Crippen LogP contribution in [0.15, 0.2) is 88.1 Å². The number of halogens is 1. The van der Waals surface area contributed by atoms with E-state index in [-0.39, 0.29) is 5.56 Å². The molecule has 4 heteroatoms. The summed E-state index contributed by atoms with van der Waals surface area (Å²) in [6.07, 6.45) is 0. The van der Waals surface area contributed by atoms with Gasteiger partial charge in [0.15, 0.2) is 0 Å². The van der Waals surface area contributed by atoms with Crippen LogP contribution in [-0.4, -0.2) is 9.55 Å². The summed E-state index contributed by atoms with van der Waals surface area (Å²) >= 11 is 3.48. The Kier molecular flexibility index (Phi) is 3.75. The molecular weight excluding hydrogens is 364 g/mol. The zero-order chi connectivity index (χ0) is 16.5. The maximum atomic E-state index is 13.1. The van der Waals surface area contributed by atoms with Crippen LogP contribution >= 0.6 is 15.9 Å². The molecule has 4 aromatic rings. The van der Waals surface area contributed by atoms with Crippen LogP contribution in [0.3, 0.4) is 0 Å². The molecule has 0 atom stereocenters. The van der Waals surface area contributed by atoms with Crippen molar-refractivity contribution in [1.29, 1.82) is 0 Å². The van der Waals surface area contributed by atoms with E-state index in [2.05, 4.69) is 15.9 Å². The highest BCUT2D eigenvalue weighted by Gasteiger charge is 2.14. The standard InChI is InChI=1S/C20H13BrN2O/c21-15-9-6-10-16(13-15)23-19(14-7-2-1-3-8-14)22-18-12-5-4-11-17(18)20(23)24/h1-13H. The van der Waals surface area contributed by atoms with Crippen LogP contribution in [0, 0.1) is 0 Å². The van der Waals surface area contributed by atoms with Gasteiger partial charge in [-0.05, 0) is 30.3 Å². The van der Waals surface area contributed by atoms with E-state index < -0.39 is 0 Å². The Bertz CT molecular complexity index is 1090. The Labute approximate surface area is 147 Å². The minimum atomic E-state index is -0.0717. The molecule has 0 aliphatic carbocycles. The highest BCUT2D eigenvalue weighted by atomic mass is 79.9. The highest BCUT2D eigenvalue weighted by molar-refractivity contribution is 9.10. The summed E-state index contributed by atoms with van der Waals surface area (Å²) in [6, 6.07) is 24.9. The molecule has 116 valence electrons. The average molecular weight is 377 g/mol. The highest BCUT2D eigenvalue weighted by Crippen LogP contribution is 2.23. The third-order valence-electron chi connectivity index (χ3n) is 3.87. The van der Waals surface area contributed by atoms with Gasteiger partial charge in [-0.3, -0.25) is 9.36 Å². The number of rotatable bonds is 2. The molecule has 0 saturated heterocycles. The lowest BCUT2D eigenvalue weighted by atomic mass is 10.1. The van der Waals surface area contributed by atoms with E-state index in [4.69, 9.17) is 4.98 Å². The topological polar surface area (TPSA) is 34.9 Å². The smallest absolute Gasteiger partial charge is 0.266 e. The minimum Gasteiger partial charge on any atom is -0.268 e. The lowest BCUT2D eigenvalue weighted by molar-refractivity contribution is 0.975. The molecule has 1 heterocycles. The molecule has 0 saturated carbocycles. The Hall–Kier alpha value is -2.72. The van der Waals surface area contributed by atoms with Crippen molar-refractivity contribution in [3.63, 3.8) is 0 Å². The molecule has 0 N–H and O–H groups in total. The summed E-state index contributed by atoms with van der Waals surface area (Å²) in [5.74, 6) is 0.636. The molecule has 0 amide bonds. The summed E-state index contributed by atoms with van der Waals surface area (Å²) in [4.78, 5) is 17.9. The summed E-state index contributed by atoms with van der Waals surface area (Å²) in [5, 5.41) is 0.608. The van der Waals surface area contributed by atoms with Gasteiger partial charge in [0.1, 0.15) is 5.82 Å². The minimum absolute atomic E-state index is 0.0717. The lowest BCUT2D eigenvalue weighted by Gasteiger charge is -2.14. The van der Waals surface area contributed by atoms with Crippen LogP contribution in [-0.2, 0) is 0 Å². The van der Waals surface area contributed by atoms with Crippen molar-refractivity contribution >= 4 is 26.8 Å². The predicted octanol–water partition coefficient (Wildman–Crippen LogP) is 4.82. The molecule has 0 aliphatic rings. The Balaban J connectivity index is 2.13. The monoisotopic (exact) mass is 376 g/mol. The zero-order valence-corrected chi connectivity index (χ0v) is 14.3. The number of hydrogen-bond donors (Lipinski definition) is 0. The molecule has 0 bridgehead atoms. The normalized spacial score (nSPS) is 10.9. The van der Waals surface area contributed by atoms with E-state index in [1.807, 2.05) is 78.9 Å². The van der Waals surface area contributed by atoms with E-state index in [1.54, 1.807) is 4.57 Å². The van der Waals surface area contributed by atoms with Crippen molar-refractivity contribution in [1.82, 2.24) is 9.55 Å². The van der Waals surface area contributed by atoms with Crippen molar-refractivity contribution in [2.75, 3.05) is 0 Å². The van der Waals surface area contributed by atoms with E-state index >= 15 is 0 Å². The molecule has 24 heavy (non-hydrogen) atoms. The van der Waals surface area contributed by atoms with Crippen LogP contribution in [0.5, 0.6) is 0 Å². The number of para-hydroxylation sites is 1. The molecule has 4 rings (SSSR count). The molecule has 0 spiro atoms. The van der Waals surface area contributed by atoms with E-state index in [0.29, 0.717) is 16.7 Å². The number of nitrogens with zero attached hydrogens (tertiary/aromatic N) is 2. The third-order valence-corrected chi connectivity index (χ3v) is 4.37. The molecular formula is C20H13BrN2O. The van der Waals surface area contributed by atoms with Gasteiger partial charge in [-0.2, -0.15) is 0 Å². The van der Waals surface area contributed by atoms with Gasteiger partial charge in [0, 0.05) is 10.0 Å². The maximum Gasteiger partial charge on any atom is 0.266 e. The SMILES string of the molecule is O=c1c2ccccc2nc(-c2ccccc2)n1-c1cccc(Br)c1. The molecule has 0 unspecified atom stereocenters. The number of aromatic nitrogens is 2. The second kappa shape index (κ2) is 6.06. The lowest BCUT2D eigenvalue weighted by Crippen LogP contribution is -2.21. The van der Waals surface area contributed by atoms with Crippen molar-refractivity contribution in [3.8, 4) is 17.1 Å². The van der Waals surface area contributed by atoms with Gasteiger partial charge >= 0.3 is 0 Å². The number of benzene rings is 3. The average Bonchev–Trinajstić information content (AvgIpc) is 2.62. The zero-order valence-electron chi connectivity index (χ0n) is 12.7. The van der Waals surface area contributed by atoms with Crippen molar-refractivity contribution in [3.05, 3.63) is 93.7 Å². The first-order valence-electron chi connectivity index (χ1n) is 7.57. The fraction of sp³-hybridized carbons (Fsp3) is 0. The van der Waals surface area contributed by atoms with Crippen LogP contribution in [0.2, 0.25) is 0 Å². The Morgan fingerprint density at radius 2 is 1.58 bits per heavy atom.